The van der Waals surface area contributed by atoms with Crippen LogP contribution in [0.25, 0.3) is 16.2 Å². The summed E-state index contributed by atoms with van der Waals surface area (Å²) < 4.78 is 0.905. The minimum atomic E-state index is -1.16. The largest absolute Gasteiger partial charge is 0.481 e. The number of amides is 3. The van der Waals surface area contributed by atoms with Crippen LogP contribution < -0.4 is 10.6 Å². The van der Waals surface area contributed by atoms with Gasteiger partial charge in [-0.25, -0.2) is 0 Å². The number of piperidine rings is 2. The van der Waals surface area contributed by atoms with E-state index < -0.39 is 24.3 Å². The molecule has 3 N–H and O–H groups in total. The molecule has 1 atom stereocenters. The highest BCUT2D eigenvalue weighted by atomic mass is 35.5. The Morgan fingerprint density at radius 1 is 1.07 bits per heavy atom. The summed E-state index contributed by atoms with van der Waals surface area (Å²) in [6.45, 7) is 3.36. The molecule has 3 amide bonds. The Hall–Kier alpha value is -2.66. The van der Waals surface area contributed by atoms with Crippen molar-refractivity contribution in [2.24, 2.45) is 0 Å². The average molecular weight is 610 g/mol. The van der Waals surface area contributed by atoms with Gasteiger partial charge in [0.05, 0.1) is 21.2 Å². The highest BCUT2D eigenvalue weighted by Gasteiger charge is 2.28. The Labute approximate surface area is 247 Å². The number of thiophene rings is 1. The molecule has 3 heterocycles. The van der Waals surface area contributed by atoms with Gasteiger partial charge >= 0.3 is 5.97 Å². The molecule has 4 rings (SSSR count). The van der Waals surface area contributed by atoms with E-state index >= 15 is 0 Å². The van der Waals surface area contributed by atoms with Crippen LogP contribution in [0, 0.1) is 0 Å². The van der Waals surface area contributed by atoms with Crippen LogP contribution in [0.15, 0.2) is 23.6 Å². The summed E-state index contributed by atoms with van der Waals surface area (Å²) in [4.78, 5) is 53.4. The molecule has 0 radical (unpaired) electrons. The Kier molecular flexibility index (Phi) is 10.8. The number of carbonyl (C=O) groups excluding carboxylic acids is 3. The molecule has 0 bridgehead atoms. The molecule has 9 nitrogen and oxygen atoms in total. The lowest BCUT2D eigenvalue weighted by atomic mass is 10.0. The summed E-state index contributed by atoms with van der Waals surface area (Å²) in [7, 11) is 0. The first-order valence-corrected chi connectivity index (χ1v) is 15.2. The van der Waals surface area contributed by atoms with Gasteiger partial charge in [0.1, 0.15) is 6.04 Å². The molecule has 2 aliphatic heterocycles. The number of hydrogen-bond acceptors (Lipinski definition) is 6. The van der Waals surface area contributed by atoms with Crippen LogP contribution in [0.5, 0.6) is 0 Å². The second-order valence-corrected chi connectivity index (χ2v) is 11.9. The van der Waals surface area contributed by atoms with Crippen molar-refractivity contribution in [2.45, 2.75) is 57.0 Å². The average Bonchev–Trinajstić information content (AvgIpc) is 3.42. The zero-order chi connectivity index (χ0) is 28.6. The van der Waals surface area contributed by atoms with E-state index in [1.165, 1.54) is 23.8 Å². The van der Waals surface area contributed by atoms with Crippen LogP contribution in [-0.2, 0) is 19.2 Å². The van der Waals surface area contributed by atoms with Gasteiger partial charge in [-0.15, -0.1) is 11.3 Å². The molecule has 12 heteroatoms. The van der Waals surface area contributed by atoms with Gasteiger partial charge in [0.15, 0.2) is 0 Å². The zero-order valence-electron chi connectivity index (χ0n) is 22.2. The van der Waals surface area contributed by atoms with Gasteiger partial charge in [0, 0.05) is 38.2 Å². The van der Waals surface area contributed by atoms with Crippen molar-refractivity contribution >= 4 is 74.4 Å². The number of nitrogens with zero attached hydrogens (tertiary/aromatic N) is 2. The quantitative estimate of drug-likeness (QED) is 0.348. The third kappa shape index (κ3) is 8.19. The van der Waals surface area contributed by atoms with Crippen molar-refractivity contribution in [3.8, 4) is 0 Å². The van der Waals surface area contributed by atoms with Crippen LogP contribution >= 0.6 is 34.5 Å². The summed E-state index contributed by atoms with van der Waals surface area (Å²) in [5.74, 6) is -2.19. The smallest absolute Gasteiger partial charge is 0.305 e. The number of halogens is 2. The highest BCUT2D eigenvalue weighted by molar-refractivity contribution is 7.18. The highest BCUT2D eigenvalue weighted by Crippen LogP contribution is 2.37. The Morgan fingerprint density at radius 2 is 1.80 bits per heavy atom. The summed E-state index contributed by atoms with van der Waals surface area (Å²) in [6.07, 6.45) is 7.31. The monoisotopic (exact) mass is 608 g/mol. The maximum absolute atomic E-state index is 12.9. The van der Waals surface area contributed by atoms with Crippen LogP contribution in [-0.4, -0.2) is 83.4 Å². The van der Waals surface area contributed by atoms with E-state index in [1.807, 2.05) is 17.5 Å². The fourth-order valence-electron chi connectivity index (χ4n) is 5.10. The minimum Gasteiger partial charge on any atom is -0.481 e. The van der Waals surface area contributed by atoms with Crippen molar-refractivity contribution in [2.75, 3.05) is 32.7 Å². The van der Waals surface area contributed by atoms with Gasteiger partial charge in [-0.1, -0.05) is 29.6 Å². The number of likely N-dealkylation sites (tertiary alicyclic amines) is 2. The number of carboxylic acids is 1. The first kappa shape index (κ1) is 30.3. The van der Waals surface area contributed by atoms with Crippen LogP contribution in [0.1, 0.15) is 50.5 Å². The second kappa shape index (κ2) is 14.3. The van der Waals surface area contributed by atoms with E-state index in [1.54, 1.807) is 11.0 Å². The lowest BCUT2D eigenvalue weighted by Crippen LogP contribution is -2.53. The van der Waals surface area contributed by atoms with Crippen molar-refractivity contribution in [3.05, 3.63) is 39.2 Å². The molecule has 40 heavy (non-hydrogen) atoms. The molecule has 0 spiro atoms. The molecule has 1 aromatic carbocycles. The number of rotatable bonds is 10. The van der Waals surface area contributed by atoms with Gasteiger partial charge < -0.3 is 25.5 Å². The van der Waals surface area contributed by atoms with E-state index in [2.05, 4.69) is 15.5 Å². The van der Waals surface area contributed by atoms with Crippen molar-refractivity contribution in [1.29, 1.82) is 0 Å². The molecule has 2 fully saturated rings. The van der Waals surface area contributed by atoms with Gasteiger partial charge in [0.2, 0.25) is 17.7 Å². The SMILES string of the molecule is O=C(O)C[C@H](NC(=O)CCN1CCCCC1)C(=O)NC1CCN(C(=O)/C=C/c2cc3ccsc3c(Cl)c2Cl)CC1. The predicted octanol–water partition coefficient (Wildman–Crippen LogP) is 4.16. The van der Waals surface area contributed by atoms with Crippen molar-refractivity contribution in [3.63, 3.8) is 0 Å². The van der Waals surface area contributed by atoms with Gasteiger partial charge in [-0.05, 0) is 73.3 Å². The molecular formula is C28H34Cl2N4O5S. The van der Waals surface area contributed by atoms with Crippen LogP contribution in [0.3, 0.4) is 0 Å². The zero-order valence-corrected chi connectivity index (χ0v) is 24.5. The first-order valence-electron chi connectivity index (χ1n) is 13.6. The number of nitrogens with one attached hydrogen (secondary N) is 2. The van der Waals surface area contributed by atoms with E-state index in [4.69, 9.17) is 23.2 Å². The number of fused-ring (bicyclic) bond motifs is 1. The maximum Gasteiger partial charge on any atom is 0.305 e. The molecule has 0 aliphatic carbocycles. The molecule has 2 aromatic rings. The fourth-order valence-corrected chi connectivity index (χ4v) is 6.53. The predicted molar refractivity (Wildman–Crippen MR) is 158 cm³/mol. The summed E-state index contributed by atoms with van der Waals surface area (Å²) in [6, 6.07) is 2.47. The van der Waals surface area contributed by atoms with Gasteiger partial charge in [0.25, 0.3) is 0 Å². The summed E-state index contributed by atoms with van der Waals surface area (Å²) >= 11 is 14.3. The summed E-state index contributed by atoms with van der Waals surface area (Å²) in [5, 5.41) is 18.5. The Bertz CT molecular complexity index is 1270. The number of hydrogen-bond donors (Lipinski definition) is 3. The molecular weight excluding hydrogens is 575 g/mol. The van der Waals surface area contributed by atoms with Gasteiger partial charge in [-0.3, -0.25) is 19.2 Å². The standard InChI is InChI=1S/C28H34Cl2N4O5S/c29-25-18(16-19-9-15-40-27(19)26(25)30)4-5-23(36)34-13-6-20(7-14-34)31-28(39)21(17-24(37)38)32-22(35)8-12-33-10-2-1-3-11-33/h4-5,9,15-16,20-21H,1-3,6-8,10-14,17H2,(H,31,39)(H,32,35)(H,37,38)/b5-4+/t21-/m0/s1. The lowest BCUT2D eigenvalue weighted by Gasteiger charge is -2.32. The topological polar surface area (TPSA) is 119 Å². The maximum atomic E-state index is 12.9. The molecule has 0 saturated carbocycles. The number of benzene rings is 1. The summed E-state index contributed by atoms with van der Waals surface area (Å²) in [5.41, 5.74) is 0.663. The molecule has 2 saturated heterocycles. The molecule has 2 aliphatic rings. The Balaban J connectivity index is 1.25. The third-order valence-electron chi connectivity index (χ3n) is 7.34. The lowest BCUT2D eigenvalue weighted by molar-refractivity contribution is -0.141. The van der Waals surface area contributed by atoms with Crippen LogP contribution in [0.2, 0.25) is 10.0 Å². The third-order valence-corrected chi connectivity index (χ3v) is 9.29. The van der Waals surface area contributed by atoms with E-state index in [0.29, 0.717) is 48.1 Å². The second-order valence-electron chi connectivity index (χ2n) is 10.2. The van der Waals surface area contributed by atoms with Gasteiger partial charge in [-0.2, -0.15) is 0 Å². The Morgan fingerprint density at radius 3 is 2.50 bits per heavy atom. The minimum absolute atomic E-state index is 0.174. The molecule has 216 valence electrons. The first-order chi connectivity index (χ1) is 19.2. The van der Waals surface area contributed by atoms with E-state index in [0.717, 1.165) is 36.0 Å². The molecule has 1 aromatic heterocycles. The van der Waals surface area contributed by atoms with E-state index in [-0.39, 0.29) is 24.3 Å². The number of aliphatic carboxylic acids is 1. The fraction of sp³-hybridized carbons (Fsp3) is 0.500. The number of carboxylic acid groups (broad SMARTS) is 1. The van der Waals surface area contributed by atoms with Crippen molar-refractivity contribution < 1.29 is 24.3 Å². The van der Waals surface area contributed by atoms with E-state index in [9.17, 15) is 24.3 Å². The normalized spacial score (nSPS) is 17.7. The number of carbonyl (C=O) groups is 4. The molecule has 0 unspecified atom stereocenters. The van der Waals surface area contributed by atoms with Crippen molar-refractivity contribution in [1.82, 2.24) is 20.4 Å². The van der Waals surface area contributed by atoms with Crippen LogP contribution in [0.4, 0.5) is 0 Å².